The summed E-state index contributed by atoms with van der Waals surface area (Å²) in [5.41, 5.74) is 9.23. The molecular weight excluding hydrogens is 281 g/mol. The summed E-state index contributed by atoms with van der Waals surface area (Å²) in [5, 5.41) is 5.55. The molecule has 1 heterocycles. The van der Waals surface area contributed by atoms with Crippen molar-refractivity contribution in [2.75, 3.05) is 0 Å². The fourth-order valence-corrected chi connectivity index (χ4v) is 2.56. The molecule has 0 spiro atoms. The van der Waals surface area contributed by atoms with E-state index in [2.05, 4.69) is 12.0 Å². The van der Waals surface area contributed by atoms with Gasteiger partial charge in [-0.3, -0.25) is 4.68 Å². The van der Waals surface area contributed by atoms with Crippen LogP contribution in [0.3, 0.4) is 0 Å². The van der Waals surface area contributed by atoms with Gasteiger partial charge in [0.15, 0.2) is 0 Å². The Hall–Kier alpha value is -1.03. The molecule has 0 saturated heterocycles. The van der Waals surface area contributed by atoms with Gasteiger partial charge in [0, 0.05) is 6.54 Å². The van der Waals surface area contributed by atoms with E-state index in [1.165, 1.54) is 0 Å². The molecule has 2 aromatic rings. The molecule has 1 aromatic carbocycles. The molecule has 5 heteroatoms. The summed E-state index contributed by atoms with van der Waals surface area (Å²) in [5.74, 6) is 0. The van der Waals surface area contributed by atoms with Gasteiger partial charge in [0.05, 0.1) is 27.5 Å². The minimum Gasteiger partial charge on any atom is -0.322 e. The smallest absolute Gasteiger partial charge is 0.0624 e. The van der Waals surface area contributed by atoms with Crippen LogP contribution in [-0.4, -0.2) is 9.78 Å². The molecule has 0 amide bonds. The molecule has 2 rings (SSSR count). The van der Waals surface area contributed by atoms with Crippen LogP contribution in [0.2, 0.25) is 10.0 Å². The molecule has 0 bridgehead atoms. The van der Waals surface area contributed by atoms with Crippen molar-refractivity contribution in [1.29, 1.82) is 0 Å². The van der Waals surface area contributed by atoms with E-state index in [1.807, 2.05) is 29.8 Å². The molecule has 19 heavy (non-hydrogen) atoms. The van der Waals surface area contributed by atoms with E-state index in [1.54, 1.807) is 6.07 Å². The summed E-state index contributed by atoms with van der Waals surface area (Å²) in [4.78, 5) is 0. The second-order valence-electron chi connectivity index (χ2n) is 4.55. The number of halogens is 2. The predicted octanol–water partition coefficient (Wildman–Crippen LogP) is 3.76. The number of aryl methyl sites for hydroxylation is 2. The van der Waals surface area contributed by atoms with Crippen LogP contribution in [-0.2, 0) is 13.0 Å². The van der Waals surface area contributed by atoms with Crippen LogP contribution < -0.4 is 5.73 Å². The number of rotatable bonds is 4. The lowest BCUT2D eigenvalue weighted by molar-refractivity contribution is 0.566. The van der Waals surface area contributed by atoms with Crippen molar-refractivity contribution in [3.8, 4) is 0 Å². The Morgan fingerprint density at radius 2 is 2.11 bits per heavy atom. The molecule has 1 unspecified atom stereocenters. The second kappa shape index (κ2) is 5.95. The molecule has 0 aliphatic carbocycles. The standard InChI is InChI=1S/C14H17Cl2N3/c1-3-19-13(7-9(2)18-19)12(17)8-10-5-4-6-11(15)14(10)16/h4-7,12H,3,8,17H2,1-2H3. The van der Waals surface area contributed by atoms with Gasteiger partial charge in [-0.2, -0.15) is 5.10 Å². The van der Waals surface area contributed by atoms with Crippen molar-refractivity contribution in [1.82, 2.24) is 9.78 Å². The highest BCUT2D eigenvalue weighted by Gasteiger charge is 2.15. The highest BCUT2D eigenvalue weighted by Crippen LogP contribution is 2.28. The Morgan fingerprint density at radius 3 is 2.79 bits per heavy atom. The van der Waals surface area contributed by atoms with E-state index in [0.29, 0.717) is 16.5 Å². The first kappa shape index (κ1) is 14.4. The van der Waals surface area contributed by atoms with Crippen LogP contribution in [0.1, 0.15) is 29.9 Å². The van der Waals surface area contributed by atoms with Gasteiger partial charge in [-0.05, 0) is 38.0 Å². The molecule has 0 saturated carbocycles. The highest BCUT2D eigenvalue weighted by atomic mass is 35.5. The molecule has 3 nitrogen and oxygen atoms in total. The van der Waals surface area contributed by atoms with Gasteiger partial charge in [0.2, 0.25) is 0 Å². The minimum atomic E-state index is -0.142. The molecule has 0 fully saturated rings. The van der Waals surface area contributed by atoms with Crippen molar-refractivity contribution in [2.45, 2.75) is 32.9 Å². The average Bonchev–Trinajstić information content (AvgIpc) is 2.76. The normalized spacial score (nSPS) is 12.7. The summed E-state index contributed by atoms with van der Waals surface area (Å²) in [6.45, 7) is 4.82. The van der Waals surface area contributed by atoms with Crippen LogP contribution in [0, 0.1) is 6.92 Å². The number of hydrogen-bond donors (Lipinski definition) is 1. The molecule has 0 aliphatic heterocycles. The predicted molar refractivity (Wildman–Crippen MR) is 79.7 cm³/mol. The zero-order valence-electron chi connectivity index (χ0n) is 11.0. The lowest BCUT2D eigenvalue weighted by Gasteiger charge is -2.14. The fraction of sp³-hybridized carbons (Fsp3) is 0.357. The number of aromatic nitrogens is 2. The van der Waals surface area contributed by atoms with E-state index in [4.69, 9.17) is 28.9 Å². The third-order valence-electron chi connectivity index (χ3n) is 3.08. The van der Waals surface area contributed by atoms with Gasteiger partial charge >= 0.3 is 0 Å². The maximum atomic E-state index is 6.27. The van der Waals surface area contributed by atoms with Crippen molar-refractivity contribution in [3.63, 3.8) is 0 Å². The van der Waals surface area contributed by atoms with Crippen LogP contribution in [0.4, 0.5) is 0 Å². The zero-order valence-corrected chi connectivity index (χ0v) is 12.5. The number of benzene rings is 1. The van der Waals surface area contributed by atoms with Crippen molar-refractivity contribution < 1.29 is 0 Å². The molecule has 0 aliphatic rings. The highest BCUT2D eigenvalue weighted by molar-refractivity contribution is 6.42. The Balaban J connectivity index is 2.25. The Bertz CT molecular complexity index is 578. The minimum absolute atomic E-state index is 0.142. The Morgan fingerprint density at radius 1 is 1.37 bits per heavy atom. The maximum Gasteiger partial charge on any atom is 0.0624 e. The summed E-state index contributed by atoms with van der Waals surface area (Å²) in [7, 11) is 0. The van der Waals surface area contributed by atoms with E-state index in [0.717, 1.165) is 23.5 Å². The molecule has 102 valence electrons. The van der Waals surface area contributed by atoms with Gasteiger partial charge in [0.25, 0.3) is 0 Å². The third kappa shape index (κ3) is 3.11. The SMILES string of the molecule is CCn1nc(C)cc1C(N)Cc1cccc(Cl)c1Cl. The van der Waals surface area contributed by atoms with E-state index >= 15 is 0 Å². The quantitative estimate of drug-likeness (QED) is 0.934. The molecule has 2 N–H and O–H groups in total. The molecule has 1 aromatic heterocycles. The number of nitrogens with two attached hydrogens (primary N) is 1. The second-order valence-corrected chi connectivity index (χ2v) is 5.34. The fourth-order valence-electron chi connectivity index (χ4n) is 2.16. The Kier molecular flexibility index (Phi) is 4.50. The lowest BCUT2D eigenvalue weighted by Crippen LogP contribution is -2.18. The number of hydrogen-bond acceptors (Lipinski definition) is 2. The first-order valence-electron chi connectivity index (χ1n) is 6.25. The number of nitrogens with zero attached hydrogens (tertiary/aromatic N) is 2. The van der Waals surface area contributed by atoms with E-state index < -0.39 is 0 Å². The van der Waals surface area contributed by atoms with Crippen LogP contribution in [0.25, 0.3) is 0 Å². The largest absolute Gasteiger partial charge is 0.322 e. The van der Waals surface area contributed by atoms with Crippen LogP contribution in [0.15, 0.2) is 24.3 Å². The van der Waals surface area contributed by atoms with E-state index in [9.17, 15) is 0 Å². The van der Waals surface area contributed by atoms with Crippen molar-refractivity contribution in [3.05, 3.63) is 51.3 Å². The van der Waals surface area contributed by atoms with Gasteiger partial charge < -0.3 is 5.73 Å². The summed E-state index contributed by atoms with van der Waals surface area (Å²) >= 11 is 12.2. The lowest BCUT2D eigenvalue weighted by atomic mass is 10.0. The third-order valence-corrected chi connectivity index (χ3v) is 3.94. The van der Waals surface area contributed by atoms with Gasteiger partial charge in [-0.1, -0.05) is 35.3 Å². The van der Waals surface area contributed by atoms with Gasteiger partial charge in [0.1, 0.15) is 0 Å². The average molecular weight is 298 g/mol. The van der Waals surface area contributed by atoms with Crippen molar-refractivity contribution >= 4 is 23.2 Å². The first-order valence-corrected chi connectivity index (χ1v) is 7.01. The topological polar surface area (TPSA) is 43.8 Å². The maximum absolute atomic E-state index is 6.27. The van der Waals surface area contributed by atoms with Crippen molar-refractivity contribution in [2.24, 2.45) is 5.73 Å². The monoisotopic (exact) mass is 297 g/mol. The molecule has 0 radical (unpaired) electrons. The van der Waals surface area contributed by atoms with Crippen LogP contribution >= 0.6 is 23.2 Å². The van der Waals surface area contributed by atoms with E-state index in [-0.39, 0.29) is 6.04 Å². The zero-order chi connectivity index (χ0) is 14.0. The summed E-state index contributed by atoms with van der Waals surface area (Å²) < 4.78 is 1.93. The Labute approximate surface area is 123 Å². The van der Waals surface area contributed by atoms with Gasteiger partial charge in [-0.15, -0.1) is 0 Å². The molecule has 1 atom stereocenters. The summed E-state index contributed by atoms with van der Waals surface area (Å²) in [6.07, 6.45) is 0.643. The first-order chi connectivity index (χ1) is 9.02. The summed E-state index contributed by atoms with van der Waals surface area (Å²) in [6, 6.07) is 7.50. The van der Waals surface area contributed by atoms with Crippen LogP contribution in [0.5, 0.6) is 0 Å². The van der Waals surface area contributed by atoms with Gasteiger partial charge in [-0.25, -0.2) is 0 Å². The molecular formula is C14H17Cl2N3.